The molecule has 2 atom stereocenters. The molecule has 118 valence electrons. The van der Waals surface area contributed by atoms with E-state index in [4.69, 9.17) is 0 Å². The van der Waals surface area contributed by atoms with Gasteiger partial charge in [-0.25, -0.2) is 4.98 Å². The second-order valence-electron chi connectivity index (χ2n) is 5.99. The van der Waals surface area contributed by atoms with Crippen LogP contribution in [0.1, 0.15) is 17.8 Å². The Kier molecular flexibility index (Phi) is 4.87. The Morgan fingerprint density at radius 2 is 2.00 bits per heavy atom. The number of hydrogen-bond donors (Lipinski definition) is 2. The van der Waals surface area contributed by atoms with Crippen molar-refractivity contribution in [1.29, 1.82) is 0 Å². The van der Waals surface area contributed by atoms with Gasteiger partial charge >= 0.3 is 0 Å². The van der Waals surface area contributed by atoms with Gasteiger partial charge in [0.15, 0.2) is 0 Å². The average Bonchev–Trinajstić information content (AvgIpc) is 2.95. The van der Waals surface area contributed by atoms with E-state index < -0.39 is 6.10 Å². The maximum atomic E-state index is 10.0. The first-order chi connectivity index (χ1) is 10.8. The molecule has 22 heavy (non-hydrogen) atoms. The van der Waals surface area contributed by atoms with Crippen molar-refractivity contribution in [2.24, 2.45) is 5.92 Å². The highest BCUT2D eigenvalue weighted by Gasteiger charge is 2.27. The summed E-state index contributed by atoms with van der Waals surface area (Å²) in [6.45, 7) is 3.10. The molecule has 1 saturated heterocycles. The lowest BCUT2D eigenvalue weighted by Gasteiger charge is -2.34. The molecule has 0 amide bonds. The summed E-state index contributed by atoms with van der Waals surface area (Å²) in [5.41, 5.74) is 1.25. The van der Waals surface area contributed by atoms with E-state index >= 15 is 0 Å². The third kappa shape index (κ3) is 3.55. The molecule has 5 nitrogen and oxygen atoms in total. The van der Waals surface area contributed by atoms with Crippen LogP contribution in [-0.4, -0.2) is 50.5 Å². The lowest BCUT2D eigenvalue weighted by molar-refractivity contribution is -0.00543. The van der Waals surface area contributed by atoms with E-state index in [-0.39, 0.29) is 12.5 Å². The van der Waals surface area contributed by atoms with Crippen molar-refractivity contribution in [2.45, 2.75) is 25.6 Å². The third-order valence-corrected chi connectivity index (χ3v) is 4.40. The first kappa shape index (κ1) is 15.2. The van der Waals surface area contributed by atoms with Gasteiger partial charge in [0.25, 0.3) is 0 Å². The molecule has 0 aliphatic carbocycles. The zero-order valence-electron chi connectivity index (χ0n) is 12.7. The number of piperidine rings is 1. The molecule has 0 bridgehead atoms. The molecule has 1 aromatic carbocycles. The average molecular weight is 301 g/mol. The van der Waals surface area contributed by atoms with Crippen LogP contribution in [-0.2, 0) is 13.1 Å². The molecule has 0 saturated carbocycles. The number of aliphatic hydroxyl groups excluding tert-OH is 2. The van der Waals surface area contributed by atoms with E-state index in [1.54, 1.807) is 0 Å². The van der Waals surface area contributed by atoms with E-state index in [1.807, 2.05) is 30.6 Å². The van der Waals surface area contributed by atoms with Crippen LogP contribution in [0.4, 0.5) is 0 Å². The van der Waals surface area contributed by atoms with Crippen molar-refractivity contribution in [3.63, 3.8) is 0 Å². The van der Waals surface area contributed by atoms with Gasteiger partial charge in [0.1, 0.15) is 5.82 Å². The van der Waals surface area contributed by atoms with Crippen molar-refractivity contribution in [3.05, 3.63) is 54.1 Å². The predicted octanol–water partition coefficient (Wildman–Crippen LogP) is 1.11. The highest BCUT2D eigenvalue weighted by atomic mass is 16.3. The van der Waals surface area contributed by atoms with Crippen LogP contribution in [0.5, 0.6) is 0 Å². The summed E-state index contributed by atoms with van der Waals surface area (Å²) < 4.78 is 2.15. The Balaban J connectivity index is 1.63. The second-order valence-corrected chi connectivity index (χ2v) is 5.99. The molecule has 0 radical (unpaired) electrons. The normalized spacial score (nSPS) is 22.8. The van der Waals surface area contributed by atoms with Gasteiger partial charge in [-0.2, -0.15) is 0 Å². The molecule has 1 fully saturated rings. The van der Waals surface area contributed by atoms with E-state index in [1.165, 1.54) is 5.56 Å². The number of imidazole rings is 1. The standard InChI is InChI=1S/C17H23N3O2/c21-13-15-6-8-19(11-16(15)22)12-17-18-7-9-20(17)10-14-4-2-1-3-5-14/h1-5,7,9,15-16,21-22H,6,8,10-13H2/t15-,16-/m1/s1. The molecule has 5 heteroatoms. The Hall–Kier alpha value is -1.69. The summed E-state index contributed by atoms with van der Waals surface area (Å²) in [4.78, 5) is 6.67. The van der Waals surface area contributed by atoms with Gasteiger partial charge in [-0.3, -0.25) is 4.90 Å². The summed E-state index contributed by atoms with van der Waals surface area (Å²) in [6, 6.07) is 10.3. The largest absolute Gasteiger partial charge is 0.396 e. The van der Waals surface area contributed by atoms with Gasteiger partial charge in [-0.15, -0.1) is 0 Å². The summed E-state index contributed by atoms with van der Waals surface area (Å²) in [5.74, 6) is 1.03. The molecular formula is C17H23N3O2. The van der Waals surface area contributed by atoms with E-state index in [9.17, 15) is 10.2 Å². The van der Waals surface area contributed by atoms with Crippen LogP contribution >= 0.6 is 0 Å². The number of benzene rings is 1. The van der Waals surface area contributed by atoms with Crippen LogP contribution in [0.2, 0.25) is 0 Å². The quantitative estimate of drug-likeness (QED) is 0.868. The zero-order chi connectivity index (χ0) is 15.4. The summed E-state index contributed by atoms with van der Waals surface area (Å²) in [7, 11) is 0. The van der Waals surface area contributed by atoms with Gasteiger partial charge in [-0.1, -0.05) is 30.3 Å². The topological polar surface area (TPSA) is 61.5 Å². The fraction of sp³-hybridized carbons (Fsp3) is 0.471. The highest BCUT2D eigenvalue weighted by molar-refractivity contribution is 5.15. The molecule has 3 rings (SSSR count). The maximum absolute atomic E-state index is 10.0. The minimum Gasteiger partial charge on any atom is -0.396 e. The summed E-state index contributed by atoms with van der Waals surface area (Å²) >= 11 is 0. The van der Waals surface area contributed by atoms with Crippen LogP contribution in [0, 0.1) is 5.92 Å². The minimum atomic E-state index is -0.448. The minimum absolute atomic E-state index is 0.0142. The van der Waals surface area contributed by atoms with Gasteiger partial charge in [0.05, 0.1) is 12.6 Å². The predicted molar refractivity (Wildman–Crippen MR) is 84.2 cm³/mol. The van der Waals surface area contributed by atoms with Gasteiger partial charge < -0.3 is 14.8 Å². The lowest BCUT2D eigenvalue weighted by Crippen LogP contribution is -2.44. The first-order valence-electron chi connectivity index (χ1n) is 7.81. The Labute approximate surface area is 130 Å². The molecule has 1 aliphatic rings. The first-order valence-corrected chi connectivity index (χ1v) is 7.81. The summed E-state index contributed by atoms with van der Waals surface area (Å²) in [6.07, 6.45) is 4.21. The van der Waals surface area contributed by atoms with Gasteiger partial charge in [0.2, 0.25) is 0 Å². The number of likely N-dealkylation sites (tertiary alicyclic amines) is 1. The monoisotopic (exact) mass is 301 g/mol. The molecule has 1 aromatic heterocycles. The van der Waals surface area contributed by atoms with E-state index in [2.05, 4.69) is 26.6 Å². The van der Waals surface area contributed by atoms with Crippen LogP contribution in [0.15, 0.2) is 42.7 Å². The molecule has 2 N–H and O–H groups in total. The molecule has 2 heterocycles. The Bertz CT molecular complexity index is 585. The Morgan fingerprint density at radius 1 is 1.18 bits per heavy atom. The van der Waals surface area contributed by atoms with Gasteiger partial charge in [-0.05, 0) is 18.5 Å². The molecule has 0 spiro atoms. The fourth-order valence-corrected chi connectivity index (χ4v) is 3.02. The highest BCUT2D eigenvalue weighted by Crippen LogP contribution is 2.19. The number of rotatable bonds is 5. The smallest absolute Gasteiger partial charge is 0.123 e. The molecular weight excluding hydrogens is 278 g/mol. The maximum Gasteiger partial charge on any atom is 0.123 e. The fourth-order valence-electron chi connectivity index (χ4n) is 3.02. The Morgan fingerprint density at radius 3 is 2.73 bits per heavy atom. The number of β-amino-alcohol motifs (C(OH)–C–C–N with tert-alkyl or cyclic N) is 1. The van der Waals surface area contributed by atoms with Crippen LogP contribution in [0.3, 0.4) is 0 Å². The summed E-state index contributed by atoms with van der Waals surface area (Å²) in [5, 5.41) is 19.3. The lowest BCUT2D eigenvalue weighted by atomic mass is 9.95. The molecule has 2 aromatic rings. The van der Waals surface area contributed by atoms with Crippen molar-refractivity contribution >= 4 is 0 Å². The van der Waals surface area contributed by atoms with Gasteiger partial charge in [0, 0.05) is 38.0 Å². The number of nitrogens with zero attached hydrogens (tertiary/aromatic N) is 3. The number of aliphatic hydroxyl groups is 2. The van der Waals surface area contributed by atoms with Crippen LogP contribution in [0.25, 0.3) is 0 Å². The van der Waals surface area contributed by atoms with Crippen molar-refractivity contribution in [3.8, 4) is 0 Å². The van der Waals surface area contributed by atoms with Crippen molar-refractivity contribution < 1.29 is 10.2 Å². The SMILES string of the molecule is OC[C@H]1CCN(Cc2nccn2Cc2ccccc2)C[C@H]1O. The van der Waals surface area contributed by atoms with E-state index in [0.717, 1.165) is 31.9 Å². The number of aromatic nitrogens is 2. The second kappa shape index (κ2) is 7.05. The van der Waals surface area contributed by atoms with Crippen LogP contribution < -0.4 is 0 Å². The zero-order valence-corrected chi connectivity index (χ0v) is 12.7. The van der Waals surface area contributed by atoms with E-state index in [0.29, 0.717) is 6.54 Å². The molecule has 0 unspecified atom stereocenters. The van der Waals surface area contributed by atoms with Crippen molar-refractivity contribution in [1.82, 2.24) is 14.5 Å². The third-order valence-electron chi connectivity index (χ3n) is 4.40. The van der Waals surface area contributed by atoms with Crippen molar-refractivity contribution in [2.75, 3.05) is 19.7 Å². The molecule has 1 aliphatic heterocycles. The number of hydrogen-bond acceptors (Lipinski definition) is 4.